The van der Waals surface area contributed by atoms with Gasteiger partial charge in [0.05, 0.1) is 5.91 Å². The van der Waals surface area contributed by atoms with Gasteiger partial charge in [-0.1, -0.05) is 0 Å². The van der Waals surface area contributed by atoms with Crippen molar-refractivity contribution in [2.75, 3.05) is 14.1 Å². The number of carbonyl (C=O) groups is 2. The minimum absolute atomic E-state index is 0. The molecule has 0 saturated carbocycles. The molecule has 10 heavy (non-hydrogen) atoms. The molecular formula is C6H10NO2Y-. The van der Waals surface area contributed by atoms with Crippen molar-refractivity contribution in [1.29, 1.82) is 0 Å². The van der Waals surface area contributed by atoms with Crippen molar-refractivity contribution in [2.24, 2.45) is 0 Å². The summed E-state index contributed by atoms with van der Waals surface area (Å²) in [7, 11) is 3.20. The molecule has 0 N–H and O–H groups in total. The van der Waals surface area contributed by atoms with E-state index in [4.69, 9.17) is 0 Å². The van der Waals surface area contributed by atoms with E-state index in [9.17, 15) is 9.59 Å². The quantitative estimate of drug-likeness (QED) is 0.477. The average Bonchev–Trinajstić information content (AvgIpc) is 1.63. The number of nitrogens with zero attached hydrogens (tertiary/aromatic N) is 1. The van der Waals surface area contributed by atoms with E-state index >= 15 is 0 Å². The van der Waals surface area contributed by atoms with Crippen LogP contribution in [0.25, 0.3) is 0 Å². The first-order chi connectivity index (χ1) is 4.04. The van der Waals surface area contributed by atoms with Crippen molar-refractivity contribution < 1.29 is 42.3 Å². The standard InChI is InChI=1S/C6H10NO2.Y/c1-5(8)4-6(9)7(2)3;/h4H,1-3H3;/q-1;. The molecule has 0 aliphatic rings. The number of hydrogen-bond acceptors (Lipinski definition) is 2. The first-order valence-corrected chi connectivity index (χ1v) is 2.60. The summed E-state index contributed by atoms with van der Waals surface area (Å²) in [5, 5.41) is 0. The maximum atomic E-state index is 10.6. The van der Waals surface area contributed by atoms with Crippen LogP contribution < -0.4 is 0 Å². The minimum atomic E-state index is -0.262. The second kappa shape index (κ2) is 5.87. The maximum absolute atomic E-state index is 10.6. The van der Waals surface area contributed by atoms with Crippen molar-refractivity contribution in [3.63, 3.8) is 0 Å². The van der Waals surface area contributed by atoms with Crippen LogP contribution in [0.15, 0.2) is 0 Å². The van der Waals surface area contributed by atoms with E-state index in [1.807, 2.05) is 0 Å². The molecule has 0 bridgehead atoms. The van der Waals surface area contributed by atoms with E-state index in [-0.39, 0.29) is 44.4 Å². The van der Waals surface area contributed by atoms with Crippen LogP contribution in [0, 0.1) is 6.42 Å². The Labute approximate surface area is 86.0 Å². The van der Waals surface area contributed by atoms with Gasteiger partial charge in [0.25, 0.3) is 0 Å². The van der Waals surface area contributed by atoms with Crippen molar-refractivity contribution in [3.05, 3.63) is 6.42 Å². The molecule has 4 heteroatoms. The van der Waals surface area contributed by atoms with Gasteiger partial charge in [0, 0.05) is 52.6 Å². The zero-order valence-electron chi connectivity index (χ0n) is 6.42. The van der Waals surface area contributed by atoms with Gasteiger partial charge in [0.2, 0.25) is 0 Å². The smallest absolute Gasteiger partial charge is 0.0910 e. The SMILES string of the molecule is CC(=O)[CH-]C(=O)N(C)C.[Y]. The molecule has 0 aliphatic heterocycles. The molecule has 0 fully saturated rings. The molecule has 0 aliphatic carbocycles. The fourth-order valence-corrected chi connectivity index (χ4v) is 0.303. The van der Waals surface area contributed by atoms with E-state index in [0.717, 1.165) is 6.42 Å². The number of rotatable bonds is 2. The zero-order chi connectivity index (χ0) is 7.44. The van der Waals surface area contributed by atoms with Gasteiger partial charge in [-0.2, -0.15) is 0 Å². The van der Waals surface area contributed by atoms with Crippen LogP contribution in [-0.2, 0) is 42.3 Å². The number of hydrogen-bond donors (Lipinski definition) is 0. The molecule has 0 atom stereocenters. The van der Waals surface area contributed by atoms with Crippen LogP contribution in [0.2, 0.25) is 0 Å². The van der Waals surface area contributed by atoms with Crippen molar-refractivity contribution in [2.45, 2.75) is 6.92 Å². The predicted molar refractivity (Wildman–Crippen MR) is 33.7 cm³/mol. The summed E-state index contributed by atoms with van der Waals surface area (Å²) in [6.45, 7) is 1.35. The third-order valence-electron chi connectivity index (χ3n) is 0.768. The molecule has 1 amide bonds. The summed E-state index contributed by atoms with van der Waals surface area (Å²) in [6.07, 6.45) is 1.06. The number of carbonyl (C=O) groups excluding carboxylic acids is 2. The van der Waals surface area contributed by atoms with Crippen molar-refractivity contribution >= 4 is 11.7 Å². The van der Waals surface area contributed by atoms with E-state index in [1.165, 1.54) is 11.8 Å². The summed E-state index contributed by atoms with van der Waals surface area (Å²) in [5.74, 6) is -0.476. The van der Waals surface area contributed by atoms with Crippen LogP contribution in [0.1, 0.15) is 6.92 Å². The first-order valence-electron chi connectivity index (χ1n) is 2.60. The van der Waals surface area contributed by atoms with Crippen LogP contribution in [-0.4, -0.2) is 30.7 Å². The Balaban J connectivity index is 0. The van der Waals surface area contributed by atoms with E-state index in [1.54, 1.807) is 14.1 Å². The molecule has 0 unspecified atom stereocenters. The third-order valence-corrected chi connectivity index (χ3v) is 0.768. The van der Waals surface area contributed by atoms with Crippen LogP contribution in [0.4, 0.5) is 0 Å². The molecule has 0 aromatic rings. The topological polar surface area (TPSA) is 37.4 Å². The van der Waals surface area contributed by atoms with E-state index in [2.05, 4.69) is 0 Å². The molecule has 0 aromatic carbocycles. The summed E-state index contributed by atoms with van der Waals surface area (Å²) < 4.78 is 0. The molecule has 55 valence electrons. The number of Topliss-reactive ketones (excluding diaryl/α,β-unsaturated/α-hetero) is 1. The largest absolute Gasteiger partial charge is 0.373 e. The summed E-state index contributed by atoms with van der Waals surface area (Å²) in [4.78, 5) is 22.2. The molecule has 1 radical (unpaired) electrons. The van der Waals surface area contributed by atoms with Gasteiger partial charge in [-0.25, -0.2) is 6.42 Å². The minimum Gasteiger partial charge on any atom is -0.373 e. The van der Waals surface area contributed by atoms with Gasteiger partial charge in [-0.3, -0.25) is 0 Å². The predicted octanol–water partition coefficient (Wildman–Crippen LogP) is -0.135. The molecule has 0 aromatic heterocycles. The normalized spacial score (nSPS) is 7.50. The Hall–Kier alpha value is 0.114. The Bertz CT molecular complexity index is 134. The maximum Gasteiger partial charge on any atom is 0.0910 e. The van der Waals surface area contributed by atoms with Gasteiger partial charge in [-0.05, 0) is 6.92 Å². The number of ketones is 1. The van der Waals surface area contributed by atoms with E-state index in [0.29, 0.717) is 0 Å². The first kappa shape index (κ1) is 12.8. The van der Waals surface area contributed by atoms with Gasteiger partial charge in [0.15, 0.2) is 0 Å². The summed E-state index contributed by atoms with van der Waals surface area (Å²) in [6, 6.07) is 0. The Morgan fingerprint density at radius 2 is 1.70 bits per heavy atom. The Morgan fingerprint density at radius 1 is 1.30 bits per heavy atom. The number of amides is 1. The zero-order valence-corrected chi connectivity index (χ0v) is 9.26. The fraction of sp³-hybridized carbons (Fsp3) is 0.500. The van der Waals surface area contributed by atoms with Gasteiger partial charge in [-0.15, -0.1) is 0 Å². The van der Waals surface area contributed by atoms with Crippen LogP contribution >= 0.6 is 0 Å². The second-order valence-electron chi connectivity index (χ2n) is 1.99. The second-order valence-corrected chi connectivity index (χ2v) is 1.99. The fourth-order valence-electron chi connectivity index (χ4n) is 0.303. The van der Waals surface area contributed by atoms with Crippen LogP contribution in [0.3, 0.4) is 0 Å². The van der Waals surface area contributed by atoms with Crippen LogP contribution in [0.5, 0.6) is 0 Å². The monoisotopic (exact) mass is 217 g/mol. The molecular weight excluding hydrogens is 207 g/mol. The Morgan fingerprint density at radius 3 is 1.80 bits per heavy atom. The van der Waals surface area contributed by atoms with Crippen molar-refractivity contribution in [1.82, 2.24) is 4.90 Å². The molecule has 0 heterocycles. The van der Waals surface area contributed by atoms with E-state index < -0.39 is 0 Å². The third kappa shape index (κ3) is 6.24. The summed E-state index contributed by atoms with van der Waals surface area (Å²) in [5.41, 5.74) is 0. The molecule has 0 rings (SSSR count). The average molecular weight is 217 g/mol. The van der Waals surface area contributed by atoms with Gasteiger partial charge in [0.1, 0.15) is 0 Å². The van der Waals surface area contributed by atoms with Crippen molar-refractivity contribution in [3.8, 4) is 0 Å². The molecule has 0 spiro atoms. The molecule has 0 saturated heterocycles. The summed E-state index contributed by atoms with van der Waals surface area (Å²) >= 11 is 0. The van der Waals surface area contributed by atoms with Gasteiger partial charge < -0.3 is 14.5 Å². The molecule has 3 nitrogen and oxygen atoms in total. The van der Waals surface area contributed by atoms with Gasteiger partial charge >= 0.3 is 0 Å². The Kier molecular flexibility index (Phi) is 7.49.